The van der Waals surface area contributed by atoms with E-state index in [-0.39, 0.29) is 11.8 Å². The first-order valence-electron chi connectivity index (χ1n) is 5.61. The predicted octanol–water partition coefficient (Wildman–Crippen LogP) is 2.40. The second-order valence-electron chi connectivity index (χ2n) is 3.91. The zero-order valence-electron chi connectivity index (χ0n) is 10.5. The fraction of sp³-hybridized carbons (Fsp3) is 0.250. The molecule has 5 nitrogen and oxygen atoms in total. The maximum Gasteiger partial charge on any atom is 0.271 e. The Labute approximate surface area is 118 Å². The summed E-state index contributed by atoms with van der Waals surface area (Å²) in [4.78, 5) is 29.1. The normalized spacial score (nSPS) is 10.2. The van der Waals surface area contributed by atoms with Gasteiger partial charge in [-0.2, -0.15) is 0 Å². The van der Waals surface area contributed by atoms with Crippen molar-refractivity contribution in [2.24, 2.45) is 0 Å². The fourth-order valence-electron chi connectivity index (χ4n) is 1.42. The molecule has 0 aliphatic carbocycles. The summed E-state index contributed by atoms with van der Waals surface area (Å²) in [5.41, 5.74) is 0.321. The molecule has 2 rings (SSSR count). The van der Waals surface area contributed by atoms with E-state index >= 15 is 0 Å². The third kappa shape index (κ3) is 3.87. The molecule has 0 saturated carbocycles. The lowest BCUT2D eigenvalue weighted by Crippen LogP contribution is -2.22. The Morgan fingerprint density at radius 2 is 2.16 bits per heavy atom. The first kappa shape index (κ1) is 13.7. The second kappa shape index (κ2) is 5.94. The topological polar surface area (TPSA) is 71.1 Å². The van der Waals surface area contributed by atoms with Gasteiger partial charge in [0.05, 0.1) is 6.54 Å². The summed E-state index contributed by atoms with van der Waals surface area (Å²) in [6.45, 7) is 3.92. The van der Waals surface area contributed by atoms with Crippen molar-refractivity contribution in [3.05, 3.63) is 33.0 Å². The number of aromatic nitrogens is 1. The lowest BCUT2D eigenvalue weighted by molar-refractivity contribution is -0.114. The van der Waals surface area contributed by atoms with Crippen molar-refractivity contribution in [3.63, 3.8) is 0 Å². The van der Waals surface area contributed by atoms with Crippen LogP contribution in [0, 0.1) is 6.92 Å². The number of anilines is 1. The Balaban J connectivity index is 1.92. The van der Waals surface area contributed by atoms with Crippen molar-refractivity contribution in [2.75, 3.05) is 5.32 Å². The average Bonchev–Trinajstić information content (AvgIpc) is 2.95. The van der Waals surface area contributed by atoms with E-state index in [1.54, 1.807) is 16.7 Å². The molecule has 2 aromatic heterocycles. The minimum Gasteiger partial charge on any atom is -0.346 e. The fourth-order valence-corrected chi connectivity index (χ4v) is 2.99. The SMILES string of the molecule is CC(=O)Nc1nc(C(=O)NCc2ccc(C)s2)cs1. The molecule has 0 atom stereocenters. The standard InChI is InChI=1S/C12H13N3O2S2/c1-7-3-4-9(19-7)5-13-11(17)10-6-18-12(15-10)14-8(2)16/h3-4,6H,5H2,1-2H3,(H,13,17)(H,14,15,16). The number of thiophene rings is 1. The van der Waals surface area contributed by atoms with Gasteiger partial charge in [-0.3, -0.25) is 9.59 Å². The molecule has 7 heteroatoms. The number of rotatable bonds is 4. The van der Waals surface area contributed by atoms with Gasteiger partial charge in [0, 0.05) is 22.1 Å². The largest absolute Gasteiger partial charge is 0.346 e. The molecular formula is C12H13N3O2S2. The number of carbonyl (C=O) groups excluding carboxylic acids is 2. The van der Waals surface area contributed by atoms with Gasteiger partial charge >= 0.3 is 0 Å². The minimum atomic E-state index is -0.237. The number of amides is 2. The molecule has 100 valence electrons. The van der Waals surface area contributed by atoms with Crippen LogP contribution in [0.1, 0.15) is 27.2 Å². The zero-order chi connectivity index (χ0) is 13.8. The Morgan fingerprint density at radius 1 is 1.37 bits per heavy atom. The van der Waals surface area contributed by atoms with Crippen molar-refractivity contribution < 1.29 is 9.59 Å². The highest BCUT2D eigenvalue weighted by Gasteiger charge is 2.11. The molecule has 2 heterocycles. The van der Waals surface area contributed by atoms with Gasteiger partial charge in [0.1, 0.15) is 5.69 Å². The molecule has 0 unspecified atom stereocenters. The molecule has 2 aromatic rings. The first-order chi connectivity index (χ1) is 9.04. The van der Waals surface area contributed by atoms with Gasteiger partial charge in [-0.25, -0.2) is 4.98 Å². The maximum atomic E-state index is 11.8. The highest BCUT2D eigenvalue weighted by molar-refractivity contribution is 7.14. The quantitative estimate of drug-likeness (QED) is 0.910. The number of hydrogen-bond acceptors (Lipinski definition) is 5. The summed E-state index contributed by atoms with van der Waals surface area (Å²) in [6, 6.07) is 4.01. The molecular weight excluding hydrogens is 282 g/mol. The molecule has 0 aromatic carbocycles. The molecule has 0 fully saturated rings. The predicted molar refractivity (Wildman–Crippen MR) is 76.6 cm³/mol. The van der Waals surface area contributed by atoms with Crippen LogP contribution < -0.4 is 10.6 Å². The van der Waals surface area contributed by atoms with Crippen molar-refractivity contribution >= 4 is 39.6 Å². The molecule has 0 saturated heterocycles. The van der Waals surface area contributed by atoms with Crippen LogP contribution in [0.4, 0.5) is 5.13 Å². The van der Waals surface area contributed by atoms with E-state index in [1.807, 2.05) is 19.1 Å². The van der Waals surface area contributed by atoms with Crippen LogP contribution in [-0.2, 0) is 11.3 Å². The Kier molecular flexibility index (Phi) is 4.28. The van der Waals surface area contributed by atoms with E-state index in [2.05, 4.69) is 15.6 Å². The van der Waals surface area contributed by atoms with E-state index in [9.17, 15) is 9.59 Å². The van der Waals surface area contributed by atoms with E-state index < -0.39 is 0 Å². The highest BCUT2D eigenvalue weighted by atomic mass is 32.1. The number of nitrogens with zero attached hydrogens (tertiary/aromatic N) is 1. The van der Waals surface area contributed by atoms with Crippen LogP contribution in [0.25, 0.3) is 0 Å². The van der Waals surface area contributed by atoms with Crippen molar-refractivity contribution in [2.45, 2.75) is 20.4 Å². The van der Waals surface area contributed by atoms with Crippen LogP contribution in [0.3, 0.4) is 0 Å². The number of hydrogen-bond donors (Lipinski definition) is 2. The molecule has 2 N–H and O–H groups in total. The third-order valence-corrected chi connectivity index (χ3v) is 4.00. The van der Waals surface area contributed by atoms with E-state index in [0.29, 0.717) is 17.4 Å². The Hall–Kier alpha value is -1.73. The lowest BCUT2D eigenvalue weighted by Gasteiger charge is -2.00. The molecule has 0 aliphatic heterocycles. The van der Waals surface area contributed by atoms with Gasteiger partial charge in [0.15, 0.2) is 5.13 Å². The van der Waals surface area contributed by atoms with E-state index in [0.717, 1.165) is 4.88 Å². The lowest BCUT2D eigenvalue weighted by atomic mass is 10.4. The van der Waals surface area contributed by atoms with Gasteiger partial charge < -0.3 is 10.6 Å². The van der Waals surface area contributed by atoms with E-state index in [1.165, 1.54) is 23.1 Å². The summed E-state index contributed by atoms with van der Waals surface area (Å²) in [5.74, 6) is -0.436. The number of aryl methyl sites for hydroxylation is 1. The number of carbonyl (C=O) groups is 2. The summed E-state index contributed by atoms with van der Waals surface area (Å²) < 4.78 is 0. The van der Waals surface area contributed by atoms with Gasteiger partial charge in [-0.1, -0.05) is 0 Å². The first-order valence-corrected chi connectivity index (χ1v) is 7.31. The number of nitrogens with one attached hydrogen (secondary N) is 2. The van der Waals surface area contributed by atoms with Crippen LogP contribution in [0.15, 0.2) is 17.5 Å². The zero-order valence-corrected chi connectivity index (χ0v) is 12.2. The van der Waals surface area contributed by atoms with Crippen molar-refractivity contribution in [1.82, 2.24) is 10.3 Å². The summed E-state index contributed by atoms with van der Waals surface area (Å²) >= 11 is 2.88. The number of thiazole rings is 1. The van der Waals surface area contributed by atoms with Gasteiger partial charge in [0.25, 0.3) is 5.91 Å². The average molecular weight is 295 g/mol. The van der Waals surface area contributed by atoms with Gasteiger partial charge in [-0.15, -0.1) is 22.7 Å². The minimum absolute atomic E-state index is 0.199. The smallest absolute Gasteiger partial charge is 0.271 e. The summed E-state index contributed by atoms with van der Waals surface area (Å²) in [6.07, 6.45) is 0. The summed E-state index contributed by atoms with van der Waals surface area (Å²) in [5, 5.41) is 7.41. The Bertz CT molecular complexity index is 604. The molecule has 0 bridgehead atoms. The second-order valence-corrected chi connectivity index (χ2v) is 6.14. The van der Waals surface area contributed by atoms with Crippen molar-refractivity contribution in [3.8, 4) is 0 Å². The van der Waals surface area contributed by atoms with Gasteiger partial charge in [-0.05, 0) is 19.1 Å². The maximum absolute atomic E-state index is 11.8. The Morgan fingerprint density at radius 3 is 2.79 bits per heavy atom. The molecule has 0 spiro atoms. The molecule has 19 heavy (non-hydrogen) atoms. The van der Waals surface area contributed by atoms with Crippen LogP contribution >= 0.6 is 22.7 Å². The highest BCUT2D eigenvalue weighted by Crippen LogP contribution is 2.16. The summed E-state index contributed by atoms with van der Waals surface area (Å²) in [7, 11) is 0. The molecule has 2 amide bonds. The van der Waals surface area contributed by atoms with Crippen LogP contribution in [-0.4, -0.2) is 16.8 Å². The van der Waals surface area contributed by atoms with Crippen LogP contribution in [0.5, 0.6) is 0 Å². The van der Waals surface area contributed by atoms with Gasteiger partial charge in [0.2, 0.25) is 5.91 Å². The molecule has 0 radical (unpaired) electrons. The molecule has 0 aliphatic rings. The monoisotopic (exact) mass is 295 g/mol. The van der Waals surface area contributed by atoms with E-state index in [4.69, 9.17) is 0 Å². The third-order valence-electron chi connectivity index (χ3n) is 2.24. The van der Waals surface area contributed by atoms with Crippen molar-refractivity contribution in [1.29, 1.82) is 0 Å². The van der Waals surface area contributed by atoms with Crippen LogP contribution in [0.2, 0.25) is 0 Å².